The van der Waals surface area contributed by atoms with E-state index in [1.807, 2.05) is 49.0 Å². The lowest BCUT2D eigenvalue weighted by Crippen LogP contribution is -2.38. The van der Waals surface area contributed by atoms with Crippen LogP contribution in [0.5, 0.6) is 0 Å². The molecule has 1 aromatic heterocycles. The molecule has 25 heavy (non-hydrogen) atoms. The van der Waals surface area contributed by atoms with Crippen molar-refractivity contribution >= 4 is 34.4 Å². The predicted octanol–water partition coefficient (Wildman–Crippen LogP) is 2.94. The van der Waals surface area contributed by atoms with Gasteiger partial charge >= 0.3 is 0 Å². The molecule has 1 atom stereocenters. The average Bonchev–Trinajstić information content (AvgIpc) is 2.67. The first-order valence-corrected chi connectivity index (χ1v) is 9.90. The molecular weight excluding hydrogens is 334 g/mol. The number of hydrogen-bond donors (Lipinski definition) is 1. The Bertz CT molecular complexity index is 732. The Kier molecular flexibility index (Phi) is 6.15. The van der Waals surface area contributed by atoms with Crippen molar-refractivity contribution in [1.29, 1.82) is 0 Å². The van der Waals surface area contributed by atoms with Crippen LogP contribution < -0.4 is 10.2 Å². The van der Waals surface area contributed by atoms with Gasteiger partial charge < -0.3 is 15.0 Å². The summed E-state index contributed by atoms with van der Waals surface area (Å²) in [4.78, 5) is 20.0. The van der Waals surface area contributed by atoms with E-state index >= 15 is 0 Å². The van der Waals surface area contributed by atoms with Crippen LogP contribution in [0.2, 0.25) is 0 Å². The first-order chi connectivity index (χ1) is 12.2. The number of aromatic nitrogens is 1. The second-order valence-corrected chi connectivity index (χ2v) is 7.40. The minimum absolute atomic E-state index is 0.0132. The van der Waals surface area contributed by atoms with Gasteiger partial charge in [0.15, 0.2) is 0 Å². The summed E-state index contributed by atoms with van der Waals surface area (Å²) in [6, 6.07) is 9.80. The van der Waals surface area contributed by atoms with E-state index in [9.17, 15) is 4.79 Å². The summed E-state index contributed by atoms with van der Waals surface area (Å²) in [6.45, 7) is 4.50. The maximum absolute atomic E-state index is 12.9. The zero-order valence-corrected chi connectivity index (χ0v) is 15.6. The molecule has 0 bridgehead atoms. The van der Waals surface area contributed by atoms with Crippen molar-refractivity contribution in [2.45, 2.75) is 19.4 Å². The lowest BCUT2D eigenvalue weighted by atomic mass is 10.1. The number of nitrogens with zero attached hydrogens (tertiary/aromatic N) is 2. The number of amides is 1. The molecule has 1 aromatic carbocycles. The Morgan fingerprint density at radius 3 is 2.84 bits per heavy atom. The Morgan fingerprint density at radius 2 is 2.12 bits per heavy atom. The normalized spacial score (nSPS) is 16.0. The first-order valence-electron chi connectivity index (χ1n) is 8.75. The van der Waals surface area contributed by atoms with Crippen molar-refractivity contribution < 1.29 is 9.53 Å². The highest BCUT2D eigenvalue weighted by molar-refractivity contribution is 7.99. The van der Waals surface area contributed by atoms with E-state index in [-0.39, 0.29) is 11.9 Å². The molecule has 0 saturated carbocycles. The Labute approximate surface area is 153 Å². The summed E-state index contributed by atoms with van der Waals surface area (Å²) in [5.74, 6) is 3.03. The molecule has 1 saturated heterocycles. The molecule has 1 aliphatic heterocycles. The fourth-order valence-electron chi connectivity index (χ4n) is 3.03. The van der Waals surface area contributed by atoms with E-state index < -0.39 is 0 Å². The third kappa shape index (κ3) is 4.25. The molecule has 1 fully saturated rings. The van der Waals surface area contributed by atoms with Gasteiger partial charge in [-0.15, -0.1) is 0 Å². The summed E-state index contributed by atoms with van der Waals surface area (Å²) >= 11 is 1.96. The third-order valence-corrected chi connectivity index (χ3v) is 5.42. The topological polar surface area (TPSA) is 54.5 Å². The van der Waals surface area contributed by atoms with Crippen molar-refractivity contribution in [3.63, 3.8) is 0 Å². The number of nitrogens with one attached hydrogen (secondary N) is 1. The number of carbonyl (C=O) groups is 1. The van der Waals surface area contributed by atoms with Crippen LogP contribution in [-0.2, 0) is 4.74 Å². The third-order valence-electron chi connectivity index (χ3n) is 4.48. The molecule has 1 aliphatic rings. The largest absolute Gasteiger partial charge is 0.383 e. The number of thioether (sulfide) groups is 1. The maximum Gasteiger partial charge on any atom is 0.252 e. The summed E-state index contributed by atoms with van der Waals surface area (Å²) < 4.78 is 5.20. The quantitative estimate of drug-likeness (QED) is 0.859. The van der Waals surface area contributed by atoms with Gasteiger partial charge in [0.2, 0.25) is 0 Å². The fraction of sp³-hybridized carbons (Fsp3) is 0.474. The number of pyridine rings is 1. The summed E-state index contributed by atoms with van der Waals surface area (Å²) in [5.41, 5.74) is 1.55. The van der Waals surface area contributed by atoms with E-state index in [4.69, 9.17) is 9.72 Å². The highest BCUT2D eigenvalue weighted by Gasteiger charge is 2.19. The van der Waals surface area contributed by atoms with Crippen molar-refractivity contribution in [2.24, 2.45) is 0 Å². The lowest BCUT2D eigenvalue weighted by molar-refractivity contribution is 0.0896. The molecule has 0 spiro atoms. The van der Waals surface area contributed by atoms with Crippen LogP contribution in [0.1, 0.15) is 23.7 Å². The average molecular weight is 359 g/mol. The molecule has 6 heteroatoms. The van der Waals surface area contributed by atoms with E-state index in [1.165, 1.54) is 0 Å². The summed E-state index contributed by atoms with van der Waals surface area (Å²) in [6.07, 6.45) is 0.832. The number of hydrogen-bond acceptors (Lipinski definition) is 5. The molecule has 1 amide bonds. The number of anilines is 1. The van der Waals surface area contributed by atoms with Gasteiger partial charge in [-0.2, -0.15) is 11.8 Å². The SMILES string of the molecule is CC[C@@H](COC)NC(=O)c1cc(N2CCSCC2)nc2ccccc12. The van der Waals surface area contributed by atoms with E-state index in [1.54, 1.807) is 7.11 Å². The lowest BCUT2D eigenvalue weighted by Gasteiger charge is -2.28. The fourth-order valence-corrected chi connectivity index (χ4v) is 3.93. The smallest absolute Gasteiger partial charge is 0.252 e. The molecule has 2 aromatic rings. The van der Waals surface area contributed by atoms with Gasteiger partial charge in [0.05, 0.1) is 23.7 Å². The number of benzene rings is 1. The van der Waals surface area contributed by atoms with E-state index in [0.29, 0.717) is 12.2 Å². The molecular formula is C19H25N3O2S. The number of methoxy groups -OCH3 is 1. The Hall–Kier alpha value is -1.79. The van der Waals surface area contributed by atoms with Crippen LogP contribution in [-0.4, -0.2) is 55.2 Å². The molecule has 1 N–H and O–H groups in total. The monoisotopic (exact) mass is 359 g/mol. The van der Waals surface area contributed by atoms with Gasteiger partial charge in [0.1, 0.15) is 5.82 Å². The number of fused-ring (bicyclic) bond motifs is 1. The second kappa shape index (κ2) is 8.54. The van der Waals surface area contributed by atoms with Crippen molar-refractivity contribution in [1.82, 2.24) is 10.3 Å². The number of ether oxygens (including phenoxy) is 1. The van der Waals surface area contributed by atoms with Crippen LogP contribution >= 0.6 is 11.8 Å². The highest BCUT2D eigenvalue weighted by Crippen LogP contribution is 2.25. The van der Waals surface area contributed by atoms with Crippen LogP contribution in [0.15, 0.2) is 30.3 Å². The van der Waals surface area contributed by atoms with Gasteiger partial charge in [-0.25, -0.2) is 4.98 Å². The van der Waals surface area contributed by atoms with E-state index in [2.05, 4.69) is 10.2 Å². The van der Waals surface area contributed by atoms with Crippen molar-refractivity contribution in [3.05, 3.63) is 35.9 Å². The van der Waals surface area contributed by atoms with Crippen LogP contribution in [0.4, 0.5) is 5.82 Å². The molecule has 2 heterocycles. The van der Waals surface area contributed by atoms with Crippen LogP contribution in [0.25, 0.3) is 10.9 Å². The van der Waals surface area contributed by atoms with Crippen LogP contribution in [0.3, 0.4) is 0 Å². The zero-order valence-electron chi connectivity index (χ0n) is 14.8. The molecule has 134 valence electrons. The first kappa shape index (κ1) is 18.0. The van der Waals surface area contributed by atoms with Crippen molar-refractivity contribution in [2.75, 3.05) is 43.2 Å². The summed E-state index contributed by atoms with van der Waals surface area (Å²) in [5, 5.41) is 3.98. The highest BCUT2D eigenvalue weighted by atomic mass is 32.2. The van der Waals surface area contributed by atoms with E-state index in [0.717, 1.165) is 47.7 Å². The van der Waals surface area contributed by atoms with Gasteiger partial charge in [0.25, 0.3) is 5.91 Å². The maximum atomic E-state index is 12.9. The van der Waals surface area contributed by atoms with Gasteiger partial charge in [-0.05, 0) is 18.6 Å². The minimum Gasteiger partial charge on any atom is -0.383 e. The Morgan fingerprint density at radius 1 is 1.36 bits per heavy atom. The zero-order chi connectivity index (χ0) is 17.6. The molecule has 0 radical (unpaired) electrons. The standard InChI is InChI=1S/C19H25N3O2S/c1-3-14(13-24-2)20-19(23)16-12-18(22-8-10-25-11-9-22)21-17-7-5-4-6-15(16)17/h4-7,12,14H,3,8-11,13H2,1-2H3,(H,20,23)/t14-/m0/s1. The second-order valence-electron chi connectivity index (χ2n) is 6.18. The predicted molar refractivity (Wildman–Crippen MR) is 105 cm³/mol. The molecule has 3 rings (SSSR count). The van der Waals surface area contributed by atoms with Gasteiger partial charge in [0, 0.05) is 37.1 Å². The summed E-state index contributed by atoms with van der Waals surface area (Å²) in [7, 11) is 1.66. The van der Waals surface area contributed by atoms with Crippen LogP contribution in [0, 0.1) is 0 Å². The van der Waals surface area contributed by atoms with Gasteiger partial charge in [-0.3, -0.25) is 4.79 Å². The number of carbonyl (C=O) groups excluding carboxylic acids is 1. The number of rotatable bonds is 6. The Balaban J connectivity index is 1.95. The molecule has 5 nitrogen and oxygen atoms in total. The van der Waals surface area contributed by atoms with Crippen molar-refractivity contribution in [3.8, 4) is 0 Å². The minimum atomic E-state index is -0.0601. The molecule has 0 aliphatic carbocycles. The number of para-hydroxylation sites is 1. The van der Waals surface area contributed by atoms with Gasteiger partial charge in [-0.1, -0.05) is 25.1 Å². The molecule has 0 unspecified atom stereocenters.